The maximum atomic E-state index is 10.9. The van der Waals surface area contributed by atoms with Crippen LogP contribution < -0.4 is 5.73 Å². The molecule has 66 valence electrons. The predicted molar refractivity (Wildman–Crippen MR) is 43.9 cm³/mol. The topological polar surface area (TPSA) is 52.3 Å². The Morgan fingerprint density at radius 3 is 2.64 bits per heavy atom. The van der Waals surface area contributed by atoms with Crippen LogP contribution in [-0.2, 0) is 9.53 Å². The zero-order valence-corrected chi connectivity index (χ0v) is 7.30. The summed E-state index contributed by atoms with van der Waals surface area (Å²) < 4.78 is 4.84. The number of esters is 1. The van der Waals surface area contributed by atoms with Crippen molar-refractivity contribution in [2.24, 2.45) is 5.73 Å². The van der Waals surface area contributed by atoms with Crippen molar-refractivity contribution in [1.82, 2.24) is 0 Å². The number of carbonyl (C=O) groups is 1. The van der Waals surface area contributed by atoms with E-state index in [9.17, 15) is 4.79 Å². The molecule has 0 aliphatic heterocycles. The molecule has 1 atom stereocenters. The number of rotatable bonds is 5. The van der Waals surface area contributed by atoms with Gasteiger partial charge < -0.3 is 4.74 Å². The average molecular weight is 159 g/mol. The van der Waals surface area contributed by atoms with Crippen molar-refractivity contribution >= 4 is 5.97 Å². The highest BCUT2D eigenvalue weighted by Crippen LogP contribution is 1.98. The SMILES string of the molecule is CCCCC(=O)O[C@@H](N)CC. The number of hydrogen-bond donors (Lipinski definition) is 1. The Morgan fingerprint density at radius 2 is 2.18 bits per heavy atom. The first kappa shape index (κ1) is 10.4. The Balaban J connectivity index is 3.36. The molecule has 11 heavy (non-hydrogen) atoms. The minimum absolute atomic E-state index is 0.179. The standard InChI is InChI=1S/C8H17NO2/c1-3-5-6-8(10)11-7(9)4-2/h7H,3-6,9H2,1-2H3/t7-/m1/s1. The highest BCUT2D eigenvalue weighted by Gasteiger charge is 2.05. The number of unbranched alkanes of at least 4 members (excludes halogenated alkanes) is 1. The van der Waals surface area contributed by atoms with Crippen LogP contribution in [0.15, 0.2) is 0 Å². The van der Waals surface area contributed by atoms with E-state index in [0.29, 0.717) is 12.8 Å². The van der Waals surface area contributed by atoms with Crippen LogP contribution in [0.2, 0.25) is 0 Å². The fourth-order valence-electron chi connectivity index (χ4n) is 0.632. The molecule has 2 N–H and O–H groups in total. The van der Waals surface area contributed by atoms with E-state index in [-0.39, 0.29) is 5.97 Å². The van der Waals surface area contributed by atoms with Crippen LogP contribution in [0.5, 0.6) is 0 Å². The largest absolute Gasteiger partial charge is 0.447 e. The predicted octanol–water partition coefficient (Wildman–Crippen LogP) is 1.41. The van der Waals surface area contributed by atoms with Crippen molar-refractivity contribution in [3.05, 3.63) is 0 Å². The molecule has 0 heterocycles. The number of ether oxygens (including phenoxy) is 1. The van der Waals surface area contributed by atoms with Crippen molar-refractivity contribution in [3.8, 4) is 0 Å². The Hall–Kier alpha value is -0.570. The van der Waals surface area contributed by atoms with Gasteiger partial charge >= 0.3 is 5.97 Å². The first-order chi connectivity index (χ1) is 5.20. The normalized spacial score (nSPS) is 12.6. The molecule has 0 unspecified atom stereocenters. The summed E-state index contributed by atoms with van der Waals surface area (Å²) in [4.78, 5) is 10.9. The van der Waals surface area contributed by atoms with Crippen LogP contribution in [0.4, 0.5) is 0 Å². The summed E-state index contributed by atoms with van der Waals surface area (Å²) in [6, 6.07) is 0. The second-order valence-corrected chi connectivity index (χ2v) is 2.54. The minimum atomic E-state index is -0.417. The van der Waals surface area contributed by atoms with E-state index in [2.05, 4.69) is 0 Å². The molecule has 0 radical (unpaired) electrons. The van der Waals surface area contributed by atoms with Gasteiger partial charge in [0, 0.05) is 6.42 Å². The third kappa shape index (κ3) is 5.85. The molecule has 0 rings (SSSR count). The maximum absolute atomic E-state index is 10.9. The van der Waals surface area contributed by atoms with Gasteiger partial charge in [-0.2, -0.15) is 0 Å². The van der Waals surface area contributed by atoms with Crippen molar-refractivity contribution < 1.29 is 9.53 Å². The monoisotopic (exact) mass is 159 g/mol. The number of carbonyl (C=O) groups excluding carboxylic acids is 1. The van der Waals surface area contributed by atoms with Gasteiger partial charge in [0.1, 0.15) is 0 Å². The lowest BCUT2D eigenvalue weighted by molar-refractivity contribution is -0.149. The number of hydrogen-bond acceptors (Lipinski definition) is 3. The summed E-state index contributed by atoms with van der Waals surface area (Å²) in [5.41, 5.74) is 5.40. The molecule has 0 fully saturated rings. The molecular weight excluding hydrogens is 142 g/mol. The smallest absolute Gasteiger partial charge is 0.307 e. The van der Waals surface area contributed by atoms with E-state index >= 15 is 0 Å². The van der Waals surface area contributed by atoms with Gasteiger partial charge in [0.25, 0.3) is 0 Å². The van der Waals surface area contributed by atoms with Crippen LogP contribution in [0.1, 0.15) is 39.5 Å². The third-order valence-electron chi connectivity index (χ3n) is 1.42. The van der Waals surface area contributed by atoms with Gasteiger partial charge in [0.05, 0.1) is 0 Å². The molecule has 0 saturated heterocycles. The molecular formula is C8H17NO2. The average Bonchev–Trinajstić information content (AvgIpc) is 2.00. The van der Waals surface area contributed by atoms with Gasteiger partial charge in [-0.05, 0) is 12.8 Å². The molecule has 0 aliphatic rings. The van der Waals surface area contributed by atoms with Gasteiger partial charge in [-0.15, -0.1) is 0 Å². The van der Waals surface area contributed by atoms with Gasteiger partial charge in [0.2, 0.25) is 0 Å². The fourth-order valence-corrected chi connectivity index (χ4v) is 0.632. The summed E-state index contributed by atoms with van der Waals surface area (Å²) in [6.07, 6.45) is 2.65. The molecule has 0 aromatic carbocycles. The molecule has 3 nitrogen and oxygen atoms in total. The summed E-state index contributed by atoms with van der Waals surface area (Å²) in [6.45, 7) is 3.92. The van der Waals surface area contributed by atoms with Crippen LogP contribution in [0.25, 0.3) is 0 Å². The molecule has 3 heteroatoms. The highest BCUT2D eigenvalue weighted by molar-refractivity contribution is 5.69. The Morgan fingerprint density at radius 1 is 1.55 bits per heavy atom. The molecule has 0 aromatic heterocycles. The van der Waals surface area contributed by atoms with E-state index in [1.807, 2.05) is 13.8 Å². The minimum Gasteiger partial charge on any atom is -0.447 e. The fraction of sp³-hybridized carbons (Fsp3) is 0.875. The molecule has 0 spiro atoms. The van der Waals surface area contributed by atoms with E-state index in [1.165, 1.54) is 0 Å². The Kier molecular flexibility index (Phi) is 5.84. The highest BCUT2D eigenvalue weighted by atomic mass is 16.6. The van der Waals surface area contributed by atoms with E-state index < -0.39 is 6.23 Å². The summed E-state index contributed by atoms with van der Waals surface area (Å²) >= 11 is 0. The quantitative estimate of drug-likeness (QED) is 0.487. The van der Waals surface area contributed by atoms with Gasteiger partial charge in [-0.3, -0.25) is 10.5 Å². The second-order valence-electron chi connectivity index (χ2n) is 2.54. The summed E-state index contributed by atoms with van der Waals surface area (Å²) in [5.74, 6) is -0.179. The lowest BCUT2D eigenvalue weighted by Crippen LogP contribution is -2.25. The lowest BCUT2D eigenvalue weighted by atomic mass is 10.2. The lowest BCUT2D eigenvalue weighted by Gasteiger charge is -2.09. The number of nitrogens with two attached hydrogens (primary N) is 1. The van der Waals surface area contributed by atoms with E-state index in [4.69, 9.17) is 10.5 Å². The van der Waals surface area contributed by atoms with Gasteiger partial charge in [0.15, 0.2) is 6.23 Å². The Labute approximate surface area is 67.9 Å². The van der Waals surface area contributed by atoms with Crippen LogP contribution in [0, 0.1) is 0 Å². The molecule has 0 aromatic rings. The first-order valence-electron chi connectivity index (χ1n) is 4.15. The van der Waals surface area contributed by atoms with E-state index in [0.717, 1.165) is 12.8 Å². The zero-order valence-electron chi connectivity index (χ0n) is 7.30. The van der Waals surface area contributed by atoms with Crippen molar-refractivity contribution in [2.45, 2.75) is 45.8 Å². The summed E-state index contributed by atoms with van der Waals surface area (Å²) in [7, 11) is 0. The molecule has 0 bridgehead atoms. The first-order valence-corrected chi connectivity index (χ1v) is 4.15. The van der Waals surface area contributed by atoms with Crippen molar-refractivity contribution in [3.63, 3.8) is 0 Å². The van der Waals surface area contributed by atoms with Crippen molar-refractivity contribution in [2.75, 3.05) is 0 Å². The van der Waals surface area contributed by atoms with Gasteiger partial charge in [-0.25, -0.2) is 0 Å². The van der Waals surface area contributed by atoms with Gasteiger partial charge in [-0.1, -0.05) is 20.3 Å². The third-order valence-corrected chi connectivity index (χ3v) is 1.42. The Bertz CT molecular complexity index is 115. The second kappa shape index (κ2) is 6.16. The van der Waals surface area contributed by atoms with Crippen LogP contribution in [-0.4, -0.2) is 12.2 Å². The van der Waals surface area contributed by atoms with Crippen LogP contribution >= 0.6 is 0 Å². The maximum Gasteiger partial charge on any atom is 0.307 e. The molecule has 0 aliphatic carbocycles. The van der Waals surface area contributed by atoms with E-state index in [1.54, 1.807) is 0 Å². The zero-order chi connectivity index (χ0) is 8.69. The van der Waals surface area contributed by atoms with Crippen LogP contribution in [0.3, 0.4) is 0 Å². The summed E-state index contributed by atoms with van der Waals surface area (Å²) in [5, 5.41) is 0. The molecule has 0 saturated carbocycles. The van der Waals surface area contributed by atoms with Crippen molar-refractivity contribution in [1.29, 1.82) is 0 Å². The molecule has 0 amide bonds.